The fraction of sp³-hybridized carbons (Fsp3) is 0.125. The summed E-state index contributed by atoms with van der Waals surface area (Å²) in [5, 5.41) is 0. The molecule has 2 aliphatic carbocycles. The lowest BCUT2D eigenvalue weighted by atomic mass is 9.90. The SMILES string of the molecule is Cc1ccc(C2=C3C(=C(c4ccc(C)cc4)c4ccc(C)cc43)c3cc(C)ccc32)cc1. The van der Waals surface area contributed by atoms with Gasteiger partial charge in [0.2, 0.25) is 0 Å². The van der Waals surface area contributed by atoms with Crippen molar-refractivity contribution in [1.82, 2.24) is 0 Å². The van der Waals surface area contributed by atoms with E-state index in [1.807, 2.05) is 0 Å². The number of hydrogen-bond acceptors (Lipinski definition) is 0. The van der Waals surface area contributed by atoms with Gasteiger partial charge in [-0.25, -0.2) is 0 Å². The molecule has 0 fully saturated rings. The van der Waals surface area contributed by atoms with Crippen LogP contribution in [0.1, 0.15) is 55.6 Å². The second kappa shape index (κ2) is 6.93. The minimum absolute atomic E-state index is 1.29. The third-order valence-corrected chi connectivity index (χ3v) is 6.86. The first-order valence-corrected chi connectivity index (χ1v) is 11.4. The number of aryl methyl sites for hydroxylation is 4. The van der Waals surface area contributed by atoms with E-state index >= 15 is 0 Å². The van der Waals surface area contributed by atoms with Crippen molar-refractivity contribution in [3.05, 3.63) is 141 Å². The molecule has 0 saturated carbocycles. The number of benzene rings is 4. The van der Waals surface area contributed by atoms with Crippen molar-refractivity contribution in [2.75, 3.05) is 0 Å². The van der Waals surface area contributed by atoms with Crippen molar-refractivity contribution in [3.63, 3.8) is 0 Å². The molecule has 2 aliphatic rings. The molecule has 0 atom stereocenters. The summed E-state index contributed by atoms with van der Waals surface area (Å²) < 4.78 is 0. The predicted octanol–water partition coefficient (Wildman–Crippen LogP) is 8.17. The summed E-state index contributed by atoms with van der Waals surface area (Å²) in [5.41, 5.74) is 18.7. The van der Waals surface area contributed by atoms with Gasteiger partial charge in [-0.15, -0.1) is 0 Å². The Bertz CT molecular complexity index is 1340. The van der Waals surface area contributed by atoms with Crippen LogP contribution in [0.25, 0.3) is 22.3 Å². The minimum atomic E-state index is 1.29. The summed E-state index contributed by atoms with van der Waals surface area (Å²) in [5.74, 6) is 0. The molecule has 0 spiro atoms. The average molecular weight is 411 g/mol. The largest absolute Gasteiger partial charge is 0.0587 e. The highest BCUT2D eigenvalue weighted by Gasteiger charge is 2.37. The third kappa shape index (κ3) is 2.76. The maximum absolute atomic E-state index is 2.37. The molecule has 154 valence electrons. The molecular formula is C32H26. The first-order valence-electron chi connectivity index (χ1n) is 11.4. The summed E-state index contributed by atoms with van der Waals surface area (Å²) in [4.78, 5) is 0. The monoisotopic (exact) mass is 410 g/mol. The predicted molar refractivity (Wildman–Crippen MR) is 137 cm³/mol. The van der Waals surface area contributed by atoms with Gasteiger partial charge in [0, 0.05) is 0 Å². The summed E-state index contributed by atoms with van der Waals surface area (Å²) >= 11 is 0. The van der Waals surface area contributed by atoms with Crippen LogP contribution in [0.5, 0.6) is 0 Å². The molecule has 0 bridgehead atoms. The summed E-state index contributed by atoms with van der Waals surface area (Å²) in [6.45, 7) is 8.70. The summed E-state index contributed by atoms with van der Waals surface area (Å²) in [7, 11) is 0. The molecule has 0 heterocycles. The Morgan fingerprint density at radius 2 is 0.656 bits per heavy atom. The van der Waals surface area contributed by atoms with Crippen LogP contribution >= 0.6 is 0 Å². The van der Waals surface area contributed by atoms with Gasteiger partial charge in [0.1, 0.15) is 0 Å². The first-order chi connectivity index (χ1) is 15.5. The average Bonchev–Trinajstić information content (AvgIpc) is 3.27. The van der Waals surface area contributed by atoms with Gasteiger partial charge in [-0.1, -0.05) is 107 Å². The Balaban J connectivity index is 1.76. The molecule has 0 N–H and O–H groups in total. The zero-order valence-electron chi connectivity index (χ0n) is 19.1. The summed E-state index contributed by atoms with van der Waals surface area (Å²) in [6, 6.07) is 31.9. The molecule has 0 radical (unpaired) electrons. The molecule has 0 amide bonds. The maximum Gasteiger partial charge on any atom is -0.000753 e. The molecule has 0 unspecified atom stereocenters. The van der Waals surface area contributed by atoms with Crippen LogP contribution in [-0.2, 0) is 0 Å². The fourth-order valence-corrected chi connectivity index (χ4v) is 5.26. The molecule has 4 aromatic carbocycles. The van der Waals surface area contributed by atoms with Crippen molar-refractivity contribution in [2.24, 2.45) is 0 Å². The van der Waals surface area contributed by atoms with E-state index in [0.29, 0.717) is 0 Å². The molecule has 4 aromatic rings. The van der Waals surface area contributed by atoms with Crippen LogP contribution in [-0.4, -0.2) is 0 Å². The van der Waals surface area contributed by atoms with Crippen LogP contribution in [0.3, 0.4) is 0 Å². The third-order valence-electron chi connectivity index (χ3n) is 6.86. The van der Waals surface area contributed by atoms with Gasteiger partial charge in [0.05, 0.1) is 0 Å². The van der Waals surface area contributed by atoms with E-state index in [4.69, 9.17) is 0 Å². The van der Waals surface area contributed by atoms with Crippen molar-refractivity contribution >= 4 is 22.3 Å². The Morgan fingerprint density at radius 1 is 0.312 bits per heavy atom. The molecule has 32 heavy (non-hydrogen) atoms. The van der Waals surface area contributed by atoms with Crippen LogP contribution in [0.4, 0.5) is 0 Å². The first kappa shape index (κ1) is 19.1. The van der Waals surface area contributed by atoms with E-state index in [1.165, 1.54) is 77.9 Å². The van der Waals surface area contributed by atoms with Crippen LogP contribution in [0.15, 0.2) is 84.9 Å². The van der Waals surface area contributed by atoms with Crippen LogP contribution < -0.4 is 0 Å². The second-order valence-electron chi connectivity index (χ2n) is 9.33. The van der Waals surface area contributed by atoms with Crippen molar-refractivity contribution < 1.29 is 0 Å². The second-order valence-corrected chi connectivity index (χ2v) is 9.33. The van der Waals surface area contributed by atoms with Gasteiger partial charge in [-0.3, -0.25) is 0 Å². The highest BCUT2D eigenvalue weighted by molar-refractivity contribution is 6.35. The lowest BCUT2D eigenvalue weighted by Gasteiger charge is -2.13. The Labute approximate surface area is 190 Å². The summed E-state index contributed by atoms with van der Waals surface area (Å²) in [6.07, 6.45) is 0. The topological polar surface area (TPSA) is 0 Å². The normalized spacial score (nSPS) is 14.0. The molecule has 0 nitrogen and oxygen atoms in total. The lowest BCUT2D eigenvalue weighted by Crippen LogP contribution is -1.94. The van der Waals surface area contributed by atoms with Gasteiger partial charge in [0.25, 0.3) is 0 Å². The van der Waals surface area contributed by atoms with Gasteiger partial charge in [0.15, 0.2) is 0 Å². The van der Waals surface area contributed by atoms with Crippen LogP contribution in [0.2, 0.25) is 0 Å². The van der Waals surface area contributed by atoms with E-state index in [2.05, 4.69) is 113 Å². The van der Waals surface area contributed by atoms with Crippen molar-refractivity contribution in [1.29, 1.82) is 0 Å². The number of rotatable bonds is 2. The van der Waals surface area contributed by atoms with E-state index in [0.717, 1.165) is 0 Å². The molecular weight excluding hydrogens is 384 g/mol. The lowest BCUT2D eigenvalue weighted by molar-refractivity contribution is 1.41. The van der Waals surface area contributed by atoms with Crippen molar-refractivity contribution in [2.45, 2.75) is 27.7 Å². The quantitative estimate of drug-likeness (QED) is 0.313. The highest BCUT2D eigenvalue weighted by Crippen LogP contribution is 2.58. The minimum Gasteiger partial charge on any atom is -0.0587 e. The van der Waals surface area contributed by atoms with Gasteiger partial charge in [-0.2, -0.15) is 0 Å². The Morgan fingerprint density at radius 3 is 1.03 bits per heavy atom. The van der Waals surface area contributed by atoms with Gasteiger partial charge < -0.3 is 0 Å². The maximum atomic E-state index is 2.37. The van der Waals surface area contributed by atoms with Gasteiger partial charge in [-0.05, 0) is 83.4 Å². The highest BCUT2D eigenvalue weighted by atomic mass is 14.4. The van der Waals surface area contributed by atoms with Crippen LogP contribution in [0, 0.1) is 27.7 Å². The number of hydrogen-bond donors (Lipinski definition) is 0. The van der Waals surface area contributed by atoms with E-state index < -0.39 is 0 Å². The molecule has 6 rings (SSSR count). The molecule has 0 aliphatic heterocycles. The Kier molecular flexibility index (Phi) is 4.13. The molecule has 0 heteroatoms. The fourth-order valence-electron chi connectivity index (χ4n) is 5.26. The molecule has 0 saturated heterocycles. The Hall–Kier alpha value is -3.64. The number of allylic oxidation sites excluding steroid dienone is 2. The zero-order valence-corrected chi connectivity index (χ0v) is 19.1. The standard InChI is InChI=1S/C32H26/c1-19-5-11-23(12-6-19)29-25-15-9-21(3)17-27(25)32-30(24-13-7-20(2)8-14-24)26-16-10-22(4)18-28(26)31(29)32/h5-18H,1-4H3. The van der Waals surface area contributed by atoms with E-state index in [1.54, 1.807) is 0 Å². The number of fused-ring (bicyclic) bond motifs is 5. The van der Waals surface area contributed by atoms with E-state index in [-0.39, 0.29) is 0 Å². The molecule has 0 aromatic heterocycles. The van der Waals surface area contributed by atoms with Gasteiger partial charge >= 0.3 is 0 Å². The van der Waals surface area contributed by atoms with Crippen molar-refractivity contribution in [3.8, 4) is 0 Å². The zero-order chi connectivity index (χ0) is 22.0. The smallest absolute Gasteiger partial charge is 0.000753 e. The van der Waals surface area contributed by atoms with E-state index in [9.17, 15) is 0 Å².